The summed E-state index contributed by atoms with van der Waals surface area (Å²) in [6.45, 7) is 2.28. The summed E-state index contributed by atoms with van der Waals surface area (Å²) >= 11 is 0. The van der Waals surface area contributed by atoms with Crippen molar-refractivity contribution >= 4 is 8.58 Å². The summed E-state index contributed by atoms with van der Waals surface area (Å²) in [6, 6.07) is 0. The van der Waals surface area contributed by atoms with E-state index in [4.69, 9.17) is 0 Å². The molecule has 116 valence electrons. The molecule has 1 heterocycles. The highest BCUT2D eigenvalue weighted by atomic mass is 31.1. The maximum atomic E-state index is 3.93. The van der Waals surface area contributed by atoms with Gasteiger partial charge in [-0.3, -0.25) is 0 Å². The highest BCUT2D eigenvalue weighted by molar-refractivity contribution is 7.38. The van der Waals surface area contributed by atoms with Crippen LogP contribution in [0.1, 0.15) is 84.0 Å². The Morgan fingerprint density at radius 2 is 1.10 bits per heavy atom. The monoisotopic (exact) mass is 298 g/mol. The van der Waals surface area contributed by atoms with Crippen molar-refractivity contribution in [2.75, 3.05) is 6.16 Å². The van der Waals surface area contributed by atoms with Gasteiger partial charge in [-0.15, -0.1) is 10.2 Å². The topological polar surface area (TPSA) is 49.4 Å². The molecule has 20 heavy (non-hydrogen) atoms. The summed E-state index contributed by atoms with van der Waals surface area (Å²) in [7, 11) is 0.777. The first-order chi connectivity index (χ1) is 9.93. The van der Waals surface area contributed by atoms with Crippen molar-refractivity contribution in [3.05, 3.63) is 0 Å². The van der Waals surface area contributed by atoms with Crippen molar-refractivity contribution in [2.24, 2.45) is 20.7 Å². The molecule has 0 spiro atoms. The molecule has 0 amide bonds. The van der Waals surface area contributed by atoms with Crippen molar-refractivity contribution in [3.63, 3.8) is 0 Å². The normalized spacial score (nSPS) is 15.1. The largest absolute Gasteiger partial charge is 0.200 e. The number of hydrogen-bond donors (Lipinski definition) is 0. The van der Waals surface area contributed by atoms with Crippen LogP contribution in [0.5, 0.6) is 0 Å². The van der Waals surface area contributed by atoms with E-state index in [1.54, 1.807) is 0 Å². The number of nitrogens with zero attached hydrogens (tertiary/aromatic N) is 4. The number of hydrogen-bond acceptors (Lipinski definition) is 4. The molecule has 1 atom stereocenters. The fourth-order valence-corrected chi connectivity index (χ4v) is 3.42. The average molecular weight is 298 g/mol. The predicted molar refractivity (Wildman–Crippen MR) is 87.8 cm³/mol. The molecule has 0 N–H and O–H groups in total. The van der Waals surface area contributed by atoms with E-state index >= 15 is 0 Å². The van der Waals surface area contributed by atoms with Gasteiger partial charge in [-0.1, -0.05) is 86.1 Å². The zero-order chi connectivity index (χ0) is 14.3. The summed E-state index contributed by atoms with van der Waals surface area (Å²) in [5.74, 6) is 0.0581. The van der Waals surface area contributed by atoms with Crippen LogP contribution in [0.2, 0.25) is 0 Å². The van der Waals surface area contributed by atoms with Crippen LogP contribution in [-0.4, -0.2) is 12.1 Å². The van der Waals surface area contributed by atoms with Gasteiger partial charge in [0.05, 0.1) is 0 Å². The molecule has 0 saturated heterocycles. The molecule has 0 aromatic rings. The van der Waals surface area contributed by atoms with Gasteiger partial charge in [0.2, 0.25) is 0 Å². The van der Waals surface area contributed by atoms with Crippen LogP contribution in [0, 0.1) is 0 Å². The van der Waals surface area contributed by atoms with E-state index in [0.717, 1.165) is 8.58 Å². The lowest BCUT2D eigenvalue weighted by atomic mass is 10.1. The van der Waals surface area contributed by atoms with Gasteiger partial charge in [-0.05, 0) is 23.0 Å². The summed E-state index contributed by atoms with van der Waals surface area (Å²) in [5, 5.41) is 14.9. The second kappa shape index (κ2) is 13.6. The molecule has 4 nitrogen and oxygen atoms in total. The second-order valence-corrected chi connectivity index (χ2v) is 7.05. The van der Waals surface area contributed by atoms with E-state index in [2.05, 4.69) is 27.6 Å². The first-order valence-corrected chi connectivity index (χ1v) is 9.75. The minimum atomic E-state index is 0.0581. The van der Waals surface area contributed by atoms with Crippen LogP contribution in [-0.2, 0) is 0 Å². The Morgan fingerprint density at radius 1 is 0.650 bits per heavy atom. The minimum Gasteiger partial charge on any atom is -0.134 e. The van der Waals surface area contributed by atoms with Crippen LogP contribution in [0.25, 0.3) is 0 Å². The summed E-state index contributed by atoms with van der Waals surface area (Å²) in [4.78, 5) is 0. The Labute approximate surface area is 126 Å². The van der Waals surface area contributed by atoms with Crippen molar-refractivity contribution in [1.82, 2.24) is 0 Å². The predicted octanol–water partition coefficient (Wildman–Crippen LogP) is 6.48. The molecule has 0 aromatic carbocycles. The third-order valence-corrected chi connectivity index (χ3v) is 4.96. The van der Waals surface area contributed by atoms with Gasteiger partial charge < -0.3 is 0 Å². The van der Waals surface area contributed by atoms with Crippen LogP contribution in [0.4, 0.5) is 0 Å². The molecule has 0 bridgehead atoms. The standard InChI is InChI=1S/C15H31N4P/c1-2-3-4-5-6-7-8-9-10-11-12-13-14-20-15-16-18-19-17-15/h15,20H,2-14H2,1H3. The van der Waals surface area contributed by atoms with Gasteiger partial charge in [0, 0.05) is 0 Å². The third kappa shape index (κ3) is 10.4. The van der Waals surface area contributed by atoms with Crippen molar-refractivity contribution in [3.8, 4) is 0 Å². The van der Waals surface area contributed by atoms with Crippen LogP contribution in [0.3, 0.4) is 0 Å². The molecule has 1 aliphatic heterocycles. The van der Waals surface area contributed by atoms with Crippen molar-refractivity contribution in [1.29, 1.82) is 0 Å². The molecular weight excluding hydrogens is 267 g/mol. The Balaban J connectivity index is 1.68. The van der Waals surface area contributed by atoms with Gasteiger partial charge in [0.1, 0.15) is 0 Å². The number of rotatable bonds is 14. The molecule has 0 aromatic heterocycles. The Bertz CT molecular complexity index is 257. The van der Waals surface area contributed by atoms with Gasteiger partial charge in [-0.2, -0.15) is 0 Å². The summed E-state index contributed by atoms with van der Waals surface area (Å²) in [6.07, 6.45) is 18.2. The Morgan fingerprint density at radius 3 is 1.60 bits per heavy atom. The maximum absolute atomic E-state index is 3.93. The lowest BCUT2D eigenvalue weighted by Crippen LogP contribution is -1.89. The smallest absolute Gasteiger partial charge is 0.134 e. The summed E-state index contributed by atoms with van der Waals surface area (Å²) in [5.41, 5.74) is 0. The SMILES string of the molecule is CCCCCCCCCCCCCCPC1N=NN=N1. The average Bonchev–Trinajstić information content (AvgIpc) is 2.97. The molecule has 0 saturated carbocycles. The highest BCUT2D eigenvalue weighted by Crippen LogP contribution is 2.26. The number of unbranched alkanes of at least 4 members (excludes halogenated alkanes) is 11. The third-order valence-electron chi connectivity index (χ3n) is 3.72. The molecule has 1 unspecified atom stereocenters. The Kier molecular flexibility index (Phi) is 12.0. The quantitative estimate of drug-likeness (QED) is 0.260. The van der Waals surface area contributed by atoms with E-state index in [9.17, 15) is 0 Å². The highest BCUT2D eigenvalue weighted by Gasteiger charge is 2.07. The van der Waals surface area contributed by atoms with Crippen LogP contribution >= 0.6 is 8.58 Å². The zero-order valence-electron chi connectivity index (χ0n) is 13.1. The van der Waals surface area contributed by atoms with Gasteiger partial charge in [0.25, 0.3) is 0 Å². The Hall–Kier alpha value is -0.370. The van der Waals surface area contributed by atoms with Crippen molar-refractivity contribution in [2.45, 2.75) is 89.9 Å². The second-order valence-electron chi connectivity index (χ2n) is 5.63. The molecule has 1 aliphatic rings. The molecule has 1 rings (SSSR count). The lowest BCUT2D eigenvalue weighted by molar-refractivity contribution is 0.548. The van der Waals surface area contributed by atoms with Crippen molar-refractivity contribution < 1.29 is 0 Å². The zero-order valence-corrected chi connectivity index (χ0v) is 14.1. The molecule has 0 aliphatic carbocycles. The maximum Gasteiger partial charge on any atom is 0.200 e. The van der Waals surface area contributed by atoms with E-state index in [1.165, 1.54) is 83.2 Å². The van der Waals surface area contributed by atoms with Crippen LogP contribution in [0.15, 0.2) is 20.7 Å². The molecule has 5 heteroatoms. The summed E-state index contributed by atoms with van der Waals surface area (Å²) < 4.78 is 0. The van der Waals surface area contributed by atoms with Gasteiger partial charge >= 0.3 is 0 Å². The van der Waals surface area contributed by atoms with Gasteiger partial charge in [-0.25, -0.2) is 0 Å². The van der Waals surface area contributed by atoms with Gasteiger partial charge in [0.15, 0.2) is 5.91 Å². The van der Waals surface area contributed by atoms with E-state index < -0.39 is 0 Å². The first-order valence-electron chi connectivity index (χ1n) is 8.47. The van der Waals surface area contributed by atoms with E-state index in [0.29, 0.717) is 0 Å². The fourth-order valence-electron chi connectivity index (χ4n) is 2.45. The van der Waals surface area contributed by atoms with E-state index in [1.807, 2.05) is 0 Å². The molecular formula is C15H31N4P. The van der Waals surface area contributed by atoms with Crippen LogP contribution < -0.4 is 0 Å². The fraction of sp³-hybridized carbons (Fsp3) is 1.00. The van der Waals surface area contributed by atoms with E-state index in [-0.39, 0.29) is 5.91 Å². The minimum absolute atomic E-state index is 0.0581. The molecule has 0 fully saturated rings. The molecule has 0 radical (unpaired) electrons. The first kappa shape index (κ1) is 17.7. The lowest BCUT2D eigenvalue weighted by Gasteiger charge is -2.03.